The first-order chi connectivity index (χ1) is 10.1. The maximum absolute atomic E-state index is 12.4. The number of hydrogen-bond donors (Lipinski definition) is 1. The van der Waals surface area contributed by atoms with Crippen LogP contribution in [0.1, 0.15) is 30.3 Å². The summed E-state index contributed by atoms with van der Waals surface area (Å²) in [5.41, 5.74) is 1.06. The average molecular weight is 308 g/mol. The molecule has 0 aliphatic carbocycles. The van der Waals surface area contributed by atoms with Gasteiger partial charge in [0.05, 0.1) is 11.2 Å². The molecule has 1 fully saturated rings. The predicted octanol–water partition coefficient (Wildman–Crippen LogP) is 1.97. The summed E-state index contributed by atoms with van der Waals surface area (Å²) in [6.07, 6.45) is 7.10. The lowest BCUT2D eigenvalue weighted by atomic mass is 9.97. The molecule has 3 heterocycles. The monoisotopic (exact) mass is 307 g/mol. The third-order valence-corrected chi connectivity index (χ3v) is 3.98. The minimum atomic E-state index is 0.0720. The summed E-state index contributed by atoms with van der Waals surface area (Å²) in [6.45, 7) is 3.73. The van der Waals surface area contributed by atoms with E-state index in [1.807, 2.05) is 18.0 Å². The van der Waals surface area contributed by atoms with E-state index in [2.05, 4.69) is 15.1 Å². The number of piperidine rings is 1. The van der Waals surface area contributed by atoms with Crippen molar-refractivity contribution in [2.75, 3.05) is 13.1 Å². The van der Waals surface area contributed by atoms with Crippen LogP contribution in [0, 0.1) is 6.92 Å². The van der Waals surface area contributed by atoms with Crippen molar-refractivity contribution in [1.29, 1.82) is 0 Å². The summed E-state index contributed by atoms with van der Waals surface area (Å²) in [5, 5.41) is 4.60. The Kier molecular flexibility index (Phi) is 3.96. The smallest absolute Gasteiger partial charge is 0.244 e. The molecule has 0 unspecified atom stereocenters. The maximum atomic E-state index is 12.4. The van der Waals surface area contributed by atoms with Crippen LogP contribution in [0.3, 0.4) is 0 Å². The van der Waals surface area contributed by atoms with Crippen LogP contribution in [0.2, 0.25) is 5.02 Å². The van der Waals surface area contributed by atoms with E-state index in [-0.39, 0.29) is 18.4 Å². The molecular formula is C14H18ClN5O. The molecule has 2 aromatic rings. The SMILES string of the molecule is Cc1cnc([C@@H]2CCCN(C(=O)Cn3cc(Cl)cn3)C2)[nH]1. The number of halogens is 1. The summed E-state index contributed by atoms with van der Waals surface area (Å²) in [7, 11) is 0. The van der Waals surface area contributed by atoms with Gasteiger partial charge >= 0.3 is 0 Å². The lowest BCUT2D eigenvalue weighted by Crippen LogP contribution is -2.41. The predicted molar refractivity (Wildman–Crippen MR) is 79.1 cm³/mol. The van der Waals surface area contributed by atoms with Crippen LogP contribution in [0.5, 0.6) is 0 Å². The Morgan fingerprint density at radius 3 is 3.05 bits per heavy atom. The summed E-state index contributed by atoms with van der Waals surface area (Å²) in [6, 6.07) is 0. The molecule has 7 heteroatoms. The molecule has 1 N–H and O–H groups in total. The average Bonchev–Trinajstić information content (AvgIpc) is 3.08. The van der Waals surface area contributed by atoms with Crippen LogP contribution >= 0.6 is 11.6 Å². The van der Waals surface area contributed by atoms with Gasteiger partial charge in [0.25, 0.3) is 0 Å². The van der Waals surface area contributed by atoms with Gasteiger partial charge in [-0.25, -0.2) is 4.98 Å². The molecule has 112 valence electrons. The second-order valence-corrected chi connectivity index (χ2v) is 5.92. The first kappa shape index (κ1) is 14.1. The van der Waals surface area contributed by atoms with E-state index in [1.165, 1.54) is 0 Å². The van der Waals surface area contributed by atoms with E-state index in [0.717, 1.165) is 30.9 Å². The zero-order valence-corrected chi connectivity index (χ0v) is 12.7. The highest BCUT2D eigenvalue weighted by Crippen LogP contribution is 2.25. The minimum Gasteiger partial charge on any atom is -0.346 e. The van der Waals surface area contributed by atoms with Crippen LogP contribution in [0.4, 0.5) is 0 Å². The quantitative estimate of drug-likeness (QED) is 0.943. The topological polar surface area (TPSA) is 66.8 Å². The van der Waals surface area contributed by atoms with Crippen LogP contribution in [-0.2, 0) is 11.3 Å². The molecule has 3 rings (SSSR count). The number of carbonyl (C=O) groups excluding carboxylic acids is 1. The summed E-state index contributed by atoms with van der Waals surface area (Å²) in [4.78, 5) is 21.9. The van der Waals surface area contributed by atoms with Gasteiger partial charge in [0.15, 0.2) is 0 Å². The van der Waals surface area contributed by atoms with Gasteiger partial charge in [-0.2, -0.15) is 5.10 Å². The van der Waals surface area contributed by atoms with Crippen molar-refractivity contribution in [1.82, 2.24) is 24.6 Å². The van der Waals surface area contributed by atoms with Gasteiger partial charge in [-0.05, 0) is 19.8 Å². The molecule has 21 heavy (non-hydrogen) atoms. The zero-order chi connectivity index (χ0) is 14.8. The largest absolute Gasteiger partial charge is 0.346 e. The van der Waals surface area contributed by atoms with Crippen molar-refractivity contribution in [3.63, 3.8) is 0 Å². The molecular weight excluding hydrogens is 290 g/mol. The van der Waals surface area contributed by atoms with E-state index >= 15 is 0 Å². The van der Waals surface area contributed by atoms with Crippen LogP contribution in [-0.4, -0.2) is 43.6 Å². The van der Waals surface area contributed by atoms with Crippen molar-refractivity contribution in [2.45, 2.75) is 32.2 Å². The number of carbonyl (C=O) groups is 1. The van der Waals surface area contributed by atoms with Gasteiger partial charge in [0.2, 0.25) is 5.91 Å². The van der Waals surface area contributed by atoms with E-state index < -0.39 is 0 Å². The van der Waals surface area contributed by atoms with Crippen molar-refractivity contribution >= 4 is 17.5 Å². The van der Waals surface area contributed by atoms with Crippen molar-refractivity contribution in [2.24, 2.45) is 0 Å². The Labute approximate surface area is 128 Å². The first-order valence-electron chi connectivity index (χ1n) is 7.09. The highest BCUT2D eigenvalue weighted by atomic mass is 35.5. The first-order valence-corrected chi connectivity index (χ1v) is 7.47. The fourth-order valence-corrected chi connectivity index (χ4v) is 2.89. The van der Waals surface area contributed by atoms with Crippen LogP contribution in [0.25, 0.3) is 0 Å². The molecule has 0 radical (unpaired) electrons. The highest BCUT2D eigenvalue weighted by molar-refractivity contribution is 6.30. The number of amides is 1. The number of nitrogens with one attached hydrogen (secondary N) is 1. The Hall–Kier alpha value is -1.82. The fraction of sp³-hybridized carbons (Fsp3) is 0.500. The number of hydrogen-bond acceptors (Lipinski definition) is 3. The van der Waals surface area contributed by atoms with Gasteiger partial charge in [-0.3, -0.25) is 9.48 Å². The Bertz CT molecular complexity index is 635. The Morgan fingerprint density at radius 1 is 1.52 bits per heavy atom. The molecule has 0 saturated carbocycles. The number of rotatable bonds is 3. The molecule has 0 aromatic carbocycles. The third-order valence-electron chi connectivity index (χ3n) is 3.78. The summed E-state index contributed by atoms with van der Waals surface area (Å²) < 4.78 is 1.57. The van der Waals surface area contributed by atoms with Crippen molar-refractivity contribution in [3.05, 3.63) is 35.1 Å². The van der Waals surface area contributed by atoms with Gasteiger partial charge in [0, 0.05) is 37.1 Å². The molecule has 1 aliphatic heterocycles. The second-order valence-electron chi connectivity index (χ2n) is 5.49. The van der Waals surface area contributed by atoms with Crippen molar-refractivity contribution in [3.8, 4) is 0 Å². The Balaban J connectivity index is 1.64. The third kappa shape index (κ3) is 3.26. The molecule has 1 atom stereocenters. The number of aryl methyl sites for hydroxylation is 1. The lowest BCUT2D eigenvalue weighted by Gasteiger charge is -2.31. The van der Waals surface area contributed by atoms with Gasteiger partial charge in [-0.1, -0.05) is 11.6 Å². The number of nitrogens with zero attached hydrogens (tertiary/aromatic N) is 4. The van der Waals surface area contributed by atoms with E-state index in [4.69, 9.17) is 11.6 Å². The maximum Gasteiger partial charge on any atom is 0.244 e. The number of likely N-dealkylation sites (tertiary alicyclic amines) is 1. The minimum absolute atomic E-state index is 0.0720. The number of H-pyrrole nitrogens is 1. The molecule has 1 saturated heterocycles. The standard InChI is InChI=1S/C14H18ClN5O/c1-10-5-16-14(18-10)11-3-2-4-19(7-11)13(21)9-20-8-12(15)6-17-20/h5-6,8,11H,2-4,7,9H2,1H3,(H,16,18)/t11-/m1/s1. The molecule has 1 aliphatic rings. The lowest BCUT2D eigenvalue weighted by molar-refractivity contribution is -0.133. The van der Waals surface area contributed by atoms with Gasteiger partial charge < -0.3 is 9.88 Å². The van der Waals surface area contributed by atoms with E-state index in [0.29, 0.717) is 11.6 Å². The molecule has 2 aromatic heterocycles. The van der Waals surface area contributed by atoms with Gasteiger partial charge in [-0.15, -0.1) is 0 Å². The number of aromatic amines is 1. The highest BCUT2D eigenvalue weighted by Gasteiger charge is 2.26. The number of imidazole rings is 1. The summed E-state index contributed by atoms with van der Waals surface area (Å²) in [5.74, 6) is 1.34. The Morgan fingerprint density at radius 2 is 2.38 bits per heavy atom. The van der Waals surface area contributed by atoms with Crippen LogP contribution in [0.15, 0.2) is 18.6 Å². The summed E-state index contributed by atoms with van der Waals surface area (Å²) >= 11 is 5.81. The molecule has 0 bridgehead atoms. The normalized spacial score (nSPS) is 19.0. The zero-order valence-electron chi connectivity index (χ0n) is 11.9. The van der Waals surface area contributed by atoms with E-state index in [1.54, 1.807) is 17.1 Å². The number of aromatic nitrogens is 4. The molecule has 1 amide bonds. The molecule has 6 nitrogen and oxygen atoms in total. The van der Waals surface area contributed by atoms with Crippen LogP contribution < -0.4 is 0 Å². The van der Waals surface area contributed by atoms with Crippen molar-refractivity contribution < 1.29 is 4.79 Å². The molecule has 0 spiro atoms. The fourth-order valence-electron chi connectivity index (χ4n) is 2.73. The second kappa shape index (κ2) is 5.89. The van der Waals surface area contributed by atoms with Gasteiger partial charge in [0.1, 0.15) is 12.4 Å². The van der Waals surface area contributed by atoms with E-state index in [9.17, 15) is 4.79 Å².